The van der Waals surface area contributed by atoms with Gasteiger partial charge in [0.2, 0.25) is 0 Å². The average molecular weight is 584 g/mol. The van der Waals surface area contributed by atoms with Crippen molar-refractivity contribution in [3.8, 4) is 16.9 Å². The van der Waals surface area contributed by atoms with Crippen LogP contribution in [0.3, 0.4) is 0 Å². The first-order valence-electron chi connectivity index (χ1n) is 14.5. The third-order valence-electron chi connectivity index (χ3n) is 7.62. The van der Waals surface area contributed by atoms with Crippen LogP contribution in [0.5, 0.6) is 5.75 Å². The summed E-state index contributed by atoms with van der Waals surface area (Å²) in [5.74, 6) is 0.758. The van der Waals surface area contributed by atoms with Crippen molar-refractivity contribution in [1.29, 1.82) is 0 Å². The molecule has 0 aliphatic heterocycles. The van der Waals surface area contributed by atoms with E-state index in [1.165, 1.54) is 32.1 Å². The van der Waals surface area contributed by atoms with Gasteiger partial charge >= 0.3 is 24.8 Å². The maximum atomic E-state index is 13.3. The van der Waals surface area contributed by atoms with Crippen molar-refractivity contribution in [2.45, 2.75) is 64.7 Å². The quantitative estimate of drug-likeness (QED) is 0.207. The van der Waals surface area contributed by atoms with Crippen LogP contribution in [0.4, 0.5) is 0 Å². The molecule has 1 amide bonds. The molecule has 1 fully saturated rings. The zero-order valence-corrected chi connectivity index (χ0v) is 24.9. The van der Waals surface area contributed by atoms with E-state index in [9.17, 15) is 14.7 Å². The number of hydrogen-bond donors (Lipinski definition) is 2. The minimum absolute atomic E-state index is 0. The molecule has 3 aromatic carbocycles. The van der Waals surface area contributed by atoms with Gasteiger partial charge in [-0.1, -0.05) is 61.7 Å². The number of benzene rings is 3. The Hall–Kier alpha value is -2.69. The number of carbonyl (C=O) groups is 2. The van der Waals surface area contributed by atoms with E-state index in [0.29, 0.717) is 36.9 Å². The van der Waals surface area contributed by atoms with Crippen molar-refractivity contribution in [2.75, 3.05) is 18.6 Å². The average Bonchev–Trinajstić information content (AvgIpc) is 2.99. The summed E-state index contributed by atoms with van der Waals surface area (Å²) in [5.41, 5.74) is 5.14. The van der Waals surface area contributed by atoms with Gasteiger partial charge in [0.25, 0.3) is 5.91 Å². The van der Waals surface area contributed by atoms with Crippen molar-refractivity contribution >= 4 is 42.5 Å². The van der Waals surface area contributed by atoms with Crippen molar-refractivity contribution < 1.29 is 24.2 Å². The molecule has 3 aromatic rings. The number of carboxylic acids is 1. The van der Waals surface area contributed by atoms with Crippen molar-refractivity contribution in [2.24, 2.45) is 5.92 Å². The van der Waals surface area contributed by atoms with Crippen LogP contribution in [0.25, 0.3) is 11.1 Å². The Morgan fingerprint density at radius 2 is 1.69 bits per heavy atom. The summed E-state index contributed by atoms with van der Waals surface area (Å²) in [4.78, 5) is 25.1. The molecule has 1 aliphatic rings. The van der Waals surface area contributed by atoms with Gasteiger partial charge in [0.05, 0.1) is 19.8 Å². The Bertz CT molecular complexity index is 1310. The van der Waals surface area contributed by atoms with Crippen molar-refractivity contribution in [3.63, 3.8) is 0 Å². The second-order valence-electron chi connectivity index (χ2n) is 10.8. The van der Waals surface area contributed by atoms with Crippen LogP contribution in [-0.4, -0.2) is 60.5 Å². The first kappa shape index (κ1) is 33.8. The zero-order chi connectivity index (χ0) is 29.0. The summed E-state index contributed by atoms with van der Waals surface area (Å²) in [7, 11) is 0. The molecule has 0 heterocycles. The minimum atomic E-state index is -1.03. The van der Waals surface area contributed by atoms with Crippen molar-refractivity contribution in [1.82, 2.24) is 5.32 Å². The van der Waals surface area contributed by atoms with Crippen LogP contribution in [-0.2, 0) is 22.7 Å². The maximum absolute atomic E-state index is 13.3. The van der Waals surface area contributed by atoms with Crippen LogP contribution < -0.4 is 10.1 Å². The van der Waals surface area contributed by atoms with Gasteiger partial charge in [0, 0.05) is 5.56 Å². The second-order valence-corrected chi connectivity index (χ2v) is 11.8. The van der Waals surface area contributed by atoms with Gasteiger partial charge in [-0.05, 0) is 96.2 Å². The van der Waals surface area contributed by atoms with E-state index in [2.05, 4.69) is 5.32 Å². The number of rotatable bonds is 14. The standard InChI is InChI=1S/C34H41NO5S.Li.H/c1-24-9-6-7-14-29(24)31-20-27(15-16-30(31)33(36)35-32(34(37)38)17-18-41-2)22-39-21-26-12-8-13-28(19-26)40-23-25-10-4-3-5-11-25;;/h6-9,12-16,19-20,25,32H,3-5,10-11,17-18,21-23H2,1-2H3,(H,35,36)(H,37,38);;. The first-order chi connectivity index (χ1) is 19.9. The van der Waals surface area contributed by atoms with Gasteiger partial charge in [-0.2, -0.15) is 11.8 Å². The summed E-state index contributed by atoms with van der Waals surface area (Å²) in [6.45, 7) is 3.59. The first-order valence-corrected chi connectivity index (χ1v) is 15.8. The van der Waals surface area contributed by atoms with Gasteiger partial charge in [-0.15, -0.1) is 0 Å². The molecule has 0 aromatic heterocycles. The van der Waals surface area contributed by atoms with Crippen LogP contribution in [0.2, 0.25) is 0 Å². The van der Waals surface area contributed by atoms with E-state index < -0.39 is 17.9 Å². The zero-order valence-electron chi connectivity index (χ0n) is 24.1. The predicted molar refractivity (Wildman–Crippen MR) is 173 cm³/mol. The Kier molecular flexibility index (Phi) is 14.0. The fraction of sp³-hybridized carbons (Fsp3) is 0.412. The molecule has 0 spiro atoms. The number of aryl methyl sites for hydroxylation is 1. The third-order valence-corrected chi connectivity index (χ3v) is 8.27. The Morgan fingerprint density at radius 1 is 0.952 bits per heavy atom. The van der Waals surface area contributed by atoms with Gasteiger partial charge < -0.3 is 19.9 Å². The number of carbonyl (C=O) groups excluding carboxylic acids is 1. The molecule has 220 valence electrons. The fourth-order valence-corrected chi connectivity index (χ4v) is 5.76. The normalized spacial score (nSPS) is 14.0. The number of amides is 1. The molecule has 1 unspecified atom stereocenters. The molecule has 42 heavy (non-hydrogen) atoms. The summed E-state index contributed by atoms with van der Waals surface area (Å²) in [6.07, 6.45) is 8.74. The second kappa shape index (κ2) is 17.4. The number of thioether (sulfide) groups is 1. The number of hydrogen-bond acceptors (Lipinski definition) is 5. The number of aliphatic carboxylic acids is 1. The molecular formula is C34H42LiNO5S. The van der Waals surface area contributed by atoms with Crippen molar-refractivity contribution in [3.05, 3.63) is 89.0 Å². The Labute approximate surface area is 266 Å². The predicted octanol–water partition coefficient (Wildman–Crippen LogP) is 6.63. The van der Waals surface area contributed by atoms with Gasteiger partial charge in [-0.3, -0.25) is 4.79 Å². The number of ether oxygens (including phenoxy) is 2. The monoisotopic (exact) mass is 583 g/mol. The molecule has 6 nitrogen and oxygen atoms in total. The molecule has 2 N–H and O–H groups in total. The Balaban J connectivity index is 0.00000484. The molecule has 4 rings (SSSR count). The van der Waals surface area contributed by atoms with E-state index in [0.717, 1.165) is 40.2 Å². The summed E-state index contributed by atoms with van der Waals surface area (Å²) in [5, 5.41) is 12.3. The number of nitrogens with one attached hydrogen (secondary N) is 1. The van der Waals surface area contributed by atoms with Crippen LogP contribution in [0.15, 0.2) is 66.7 Å². The van der Waals surface area contributed by atoms with Gasteiger partial charge in [0.1, 0.15) is 11.8 Å². The molecule has 0 bridgehead atoms. The van der Waals surface area contributed by atoms with E-state index in [1.807, 2.05) is 73.8 Å². The third kappa shape index (κ3) is 9.95. The van der Waals surface area contributed by atoms with Crippen LogP contribution in [0, 0.1) is 12.8 Å². The molecule has 0 saturated heterocycles. The molecule has 0 radical (unpaired) electrons. The SMILES string of the molecule is CSCCC(NC(=O)c1ccc(COCc2cccc(OCC3CCCCC3)c2)cc1-c1ccccc1C)C(=O)O.[LiH]. The molecule has 1 aliphatic carbocycles. The molecular weight excluding hydrogens is 541 g/mol. The molecule has 8 heteroatoms. The molecule has 1 saturated carbocycles. The summed E-state index contributed by atoms with van der Waals surface area (Å²) < 4.78 is 12.2. The fourth-order valence-electron chi connectivity index (χ4n) is 5.29. The van der Waals surface area contributed by atoms with E-state index in [-0.39, 0.29) is 18.9 Å². The molecule has 1 atom stereocenters. The number of carboxylic acid groups (broad SMARTS) is 1. The van der Waals surface area contributed by atoms with Gasteiger partial charge in [0.15, 0.2) is 0 Å². The van der Waals surface area contributed by atoms with E-state index >= 15 is 0 Å². The van der Waals surface area contributed by atoms with Crippen LogP contribution in [0.1, 0.15) is 65.6 Å². The summed E-state index contributed by atoms with van der Waals surface area (Å²) in [6, 6.07) is 20.6. The van der Waals surface area contributed by atoms with E-state index in [1.54, 1.807) is 17.8 Å². The van der Waals surface area contributed by atoms with E-state index in [4.69, 9.17) is 9.47 Å². The van der Waals surface area contributed by atoms with Crippen LogP contribution >= 0.6 is 11.8 Å². The Morgan fingerprint density at radius 3 is 2.40 bits per heavy atom. The topological polar surface area (TPSA) is 84.9 Å². The summed E-state index contributed by atoms with van der Waals surface area (Å²) >= 11 is 1.55. The van der Waals surface area contributed by atoms with Gasteiger partial charge in [-0.25, -0.2) is 4.79 Å².